The smallest absolute Gasteiger partial charge is 0.386 e. The van der Waals surface area contributed by atoms with Gasteiger partial charge in [0.05, 0.1) is 20.3 Å². The number of aromatic amines is 1. The van der Waals surface area contributed by atoms with Crippen molar-refractivity contribution in [3.63, 3.8) is 0 Å². The van der Waals surface area contributed by atoms with Gasteiger partial charge in [0.2, 0.25) is 0 Å². The van der Waals surface area contributed by atoms with Crippen LogP contribution >= 0.6 is 0 Å². The zero-order chi connectivity index (χ0) is 14.9. The number of guanidine groups is 1. The molecule has 0 saturated heterocycles. The highest BCUT2D eigenvalue weighted by Gasteiger charge is 2.12. The van der Waals surface area contributed by atoms with Crippen LogP contribution in [0, 0.1) is 0 Å². The molecule has 9 heteroatoms. The van der Waals surface area contributed by atoms with Crippen LogP contribution in [0.4, 0.5) is 11.6 Å². The molecule has 0 spiro atoms. The summed E-state index contributed by atoms with van der Waals surface area (Å²) in [6.07, 6.45) is 3.64. The summed E-state index contributed by atoms with van der Waals surface area (Å²) in [5, 5.41) is 6.55. The minimum atomic E-state index is 0. The van der Waals surface area contributed by atoms with Gasteiger partial charge in [0.15, 0.2) is 5.82 Å². The third-order valence-corrected chi connectivity index (χ3v) is 2.81. The third-order valence-electron chi connectivity index (χ3n) is 2.81. The van der Waals surface area contributed by atoms with E-state index in [1.54, 1.807) is 6.20 Å². The molecule has 2 aromatic rings. The largest absolute Gasteiger partial charge is 1.00 e. The fourth-order valence-electron chi connectivity index (χ4n) is 1.73. The van der Waals surface area contributed by atoms with Gasteiger partial charge in [-0.2, -0.15) is 5.32 Å². The van der Waals surface area contributed by atoms with Crippen molar-refractivity contribution in [1.82, 2.24) is 4.98 Å². The van der Waals surface area contributed by atoms with Crippen molar-refractivity contribution in [1.29, 1.82) is 0 Å². The summed E-state index contributed by atoms with van der Waals surface area (Å²) in [6, 6.07) is 11.7. The van der Waals surface area contributed by atoms with Crippen LogP contribution in [0.5, 0.6) is 0 Å². The standard InChI is InChI=1S/C15H20N6.3ClH/c1-21(2)12-11-18-15(19-13-7-3-5-9-16-13)20-14-8-4-6-10-17-14;;;/h3-10H,11-12H2,1-2H3,(H2,16,17,18,19,20);3*1H. The average Bonchev–Trinajstić information content (AvgIpc) is 2.49. The Labute approximate surface area is 161 Å². The maximum atomic E-state index is 4.28. The Balaban J connectivity index is 0. The second-order valence-corrected chi connectivity index (χ2v) is 5.00. The van der Waals surface area contributed by atoms with Gasteiger partial charge in [0.25, 0.3) is 5.82 Å². The van der Waals surface area contributed by atoms with E-state index in [1.165, 1.54) is 4.90 Å². The molecule has 5 N–H and O–H groups in total. The molecule has 0 aliphatic rings. The Kier molecular flexibility index (Phi) is 14.2. The number of aromatic nitrogens is 2. The predicted molar refractivity (Wildman–Crippen MR) is 83.0 cm³/mol. The van der Waals surface area contributed by atoms with Gasteiger partial charge < -0.3 is 42.1 Å². The van der Waals surface area contributed by atoms with Crippen molar-refractivity contribution in [3.05, 3.63) is 48.8 Å². The molecule has 2 heterocycles. The monoisotopic (exact) mass is 392 g/mol. The highest BCUT2D eigenvalue weighted by molar-refractivity contribution is 5.97. The van der Waals surface area contributed by atoms with Crippen LogP contribution < -0.4 is 62.7 Å². The first-order chi connectivity index (χ1) is 10.2. The molecule has 0 unspecified atom stereocenters. The van der Waals surface area contributed by atoms with Crippen molar-refractivity contribution in [3.8, 4) is 0 Å². The van der Waals surface area contributed by atoms with E-state index < -0.39 is 0 Å². The predicted octanol–water partition coefficient (Wildman–Crippen LogP) is -11.0. The summed E-state index contributed by atoms with van der Waals surface area (Å²) < 4.78 is 0. The van der Waals surface area contributed by atoms with Crippen molar-refractivity contribution < 1.29 is 52.1 Å². The number of nitrogens with zero attached hydrogens (tertiary/aromatic N) is 1. The van der Waals surface area contributed by atoms with E-state index in [9.17, 15) is 0 Å². The Hall–Kier alpha value is -1.60. The van der Waals surface area contributed by atoms with Gasteiger partial charge in [-0.1, -0.05) is 12.1 Å². The number of nitrogens with one attached hydrogen (secondary N) is 5. The lowest BCUT2D eigenvalue weighted by Gasteiger charge is -2.05. The number of halogens is 3. The summed E-state index contributed by atoms with van der Waals surface area (Å²) in [6.45, 7) is 1.88. The van der Waals surface area contributed by atoms with Gasteiger partial charge in [0.1, 0.15) is 13.1 Å². The number of quaternary nitrogens is 1. The van der Waals surface area contributed by atoms with E-state index in [0.29, 0.717) is 0 Å². The van der Waals surface area contributed by atoms with E-state index in [4.69, 9.17) is 0 Å². The number of hydrogen-bond donors (Lipinski definition) is 4. The maximum Gasteiger partial charge on any atom is 0.386 e. The van der Waals surface area contributed by atoms with Crippen LogP contribution in [0.25, 0.3) is 0 Å². The summed E-state index contributed by atoms with van der Waals surface area (Å²) in [5.74, 6) is 2.50. The maximum absolute atomic E-state index is 4.28. The fraction of sp³-hybridized carbons (Fsp3) is 0.267. The van der Waals surface area contributed by atoms with E-state index in [2.05, 4.69) is 39.7 Å². The number of anilines is 2. The van der Waals surface area contributed by atoms with Crippen LogP contribution in [-0.2, 0) is 0 Å². The first-order valence-corrected chi connectivity index (χ1v) is 7.05. The highest BCUT2D eigenvalue weighted by Crippen LogP contribution is 2.00. The zero-order valence-corrected chi connectivity index (χ0v) is 15.9. The molecule has 0 bridgehead atoms. The van der Waals surface area contributed by atoms with Gasteiger partial charge in [0, 0.05) is 12.3 Å². The summed E-state index contributed by atoms with van der Waals surface area (Å²) in [4.78, 5) is 12.2. The molecule has 0 aliphatic carbocycles. The third kappa shape index (κ3) is 9.52. The number of H-pyrrole nitrogens is 1. The lowest BCUT2D eigenvalue weighted by molar-refractivity contribution is -0.866. The van der Waals surface area contributed by atoms with E-state index >= 15 is 0 Å². The zero-order valence-electron chi connectivity index (χ0n) is 13.6. The quantitative estimate of drug-likeness (QED) is 0.301. The fourth-order valence-corrected chi connectivity index (χ4v) is 1.73. The molecular weight excluding hydrogens is 371 g/mol. The lowest BCUT2D eigenvalue weighted by atomic mass is 10.4. The second kappa shape index (κ2) is 13.8. The summed E-state index contributed by atoms with van der Waals surface area (Å²) in [7, 11) is 4.26. The summed E-state index contributed by atoms with van der Waals surface area (Å²) >= 11 is 0. The Morgan fingerprint density at radius 2 is 1.83 bits per heavy atom. The molecule has 2 rings (SSSR count). The number of hydrogen-bond acceptors (Lipinski definition) is 1. The second-order valence-electron chi connectivity index (χ2n) is 5.00. The van der Waals surface area contributed by atoms with Crippen molar-refractivity contribution in [2.24, 2.45) is 0 Å². The first kappa shape index (κ1) is 24.6. The molecule has 2 aromatic heterocycles. The minimum Gasteiger partial charge on any atom is -1.00 e. The van der Waals surface area contributed by atoms with Gasteiger partial charge in [-0.3, -0.25) is 4.99 Å². The van der Waals surface area contributed by atoms with Gasteiger partial charge in [-0.05, 0) is 18.2 Å². The molecule has 24 heavy (non-hydrogen) atoms. The molecule has 0 radical (unpaired) electrons. The Morgan fingerprint density at radius 1 is 1.08 bits per heavy atom. The van der Waals surface area contributed by atoms with Crippen molar-refractivity contribution in [2.45, 2.75) is 0 Å². The normalized spacial score (nSPS) is 10.0. The average molecular weight is 394 g/mol. The molecule has 0 saturated carbocycles. The molecule has 6 nitrogen and oxygen atoms in total. The van der Waals surface area contributed by atoms with Crippen LogP contribution in [0.2, 0.25) is 0 Å². The van der Waals surface area contributed by atoms with Crippen LogP contribution in [0.1, 0.15) is 0 Å². The number of pyridine rings is 2. The lowest BCUT2D eigenvalue weighted by Crippen LogP contribution is -3.08. The molecule has 134 valence electrons. The summed E-state index contributed by atoms with van der Waals surface area (Å²) in [5.41, 5.74) is 0. The SMILES string of the molecule is C[NH+](C)CC[NH+]=C(Nc1ccccn1)Nc1cccc[nH+]1.[Cl-].[Cl-].[Cl-]. The molecule has 0 atom stereocenters. The number of rotatable bonds is 5. The van der Waals surface area contributed by atoms with Gasteiger partial charge in [-0.15, -0.1) is 0 Å². The minimum absolute atomic E-state index is 0. The van der Waals surface area contributed by atoms with Gasteiger partial charge in [-0.25, -0.2) is 15.3 Å². The molecule has 0 fully saturated rings. The van der Waals surface area contributed by atoms with Crippen molar-refractivity contribution in [2.75, 3.05) is 37.8 Å². The van der Waals surface area contributed by atoms with Crippen molar-refractivity contribution >= 4 is 17.6 Å². The molecule has 0 aliphatic heterocycles. The number of likely N-dealkylation sites (N-methyl/N-ethyl adjacent to an activating group) is 1. The van der Waals surface area contributed by atoms with E-state index in [0.717, 1.165) is 30.7 Å². The van der Waals surface area contributed by atoms with E-state index in [-0.39, 0.29) is 37.2 Å². The Bertz CT molecular complexity index is 522. The van der Waals surface area contributed by atoms with Gasteiger partial charge >= 0.3 is 5.96 Å². The molecule has 0 amide bonds. The molecule has 0 aromatic carbocycles. The van der Waals surface area contributed by atoms with Crippen LogP contribution in [0.3, 0.4) is 0 Å². The Morgan fingerprint density at radius 3 is 2.42 bits per heavy atom. The van der Waals surface area contributed by atoms with Crippen LogP contribution in [-0.4, -0.2) is 38.1 Å². The van der Waals surface area contributed by atoms with Crippen LogP contribution in [0.15, 0.2) is 48.8 Å². The first-order valence-electron chi connectivity index (χ1n) is 7.05. The molecular formula is C15H23Cl3N6. The topological polar surface area (TPSA) is 69.5 Å². The van der Waals surface area contributed by atoms with E-state index in [1.807, 2.05) is 42.6 Å². The highest BCUT2D eigenvalue weighted by atomic mass is 35.5.